The molecule has 0 fully saturated rings. The normalized spacial score (nSPS) is 12.3. The van der Waals surface area contributed by atoms with Crippen LogP contribution in [0.4, 0.5) is 11.4 Å². The Morgan fingerprint density at radius 2 is 1.22 bits per heavy atom. The Balaban J connectivity index is 2.11. The first kappa shape index (κ1) is 36.3. The van der Waals surface area contributed by atoms with Crippen molar-refractivity contribution in [3.63, 3.8) is 0 Å². The maximum absolute atomic E-state index is 12.3. The molecular weight excluding hydrogens is 518 g/mol. The average molecular weight is 574 g/mol. The van der Waals surface area contributed by atoms with Crippen LogP contribution in [0, 0.1) is 5.41 Å². The summed E-state index contributed by atoms with van der Waals surface area (Å²) in [6.45, 7) is 5.14. The summed E-state index contributed by atoms with van der Waals surface area (Å²) in [5, 5.41) is 27.4. The smallest absolute Gasteiger partial charge is 0.249 e. The van der Waals surface area contributed by atoms with Crippen LogP contribution in [0.1, 0.15) is 117 Å². The quantitative estimate of drug-likeness (QED) is 0.0756. The van der Waals surface area contributed by atoms with Gasteiger partial charge < -0.3 is 26.2 Å². The second kappa shape index (κ2) is 22.0. The van der Waals surface area contributed by atoms with Crippen LogP contribution in [-0.2, 0) is 14.4 Å². The molecule has 1 rings (SSSR count). The minimum absolute atomic E-state index is 0.0123. The van der Waals surface area contributed by atoms with Crippen molar-refractivity contribution in [3.05, 3.63) is 36.4 Å². The van der Waals surface area contributed by atoms with E-state index < -0.39 is 17.4 Å². The number of anilines is 2. The maximum Gasteiger partial charge on any atom is 0.249 e. The van der Waals surface area contributed by atoms with E-state index in [0.717, 1.165) is 25.7 Å². The third-order valence-corrected chi connectivity index (χ3v) is 7.17. The van der Waals surface area contributed by atoms with E-state index in [-0.39, 0.29) is 31.4 Å². The molecule has 5 N–H and O–H groups in total. The lowest BCUT2D eigenvalue weighted by molar-refractivity contribution is -0.137. The summed E-state index contributed by atoms with van der Waals surface area (Å²) in [7, 11) is 0. The number of unbranched alkanes of at least 4 members (excludes halogenated alkanes) is 11. The van der Waals surface area contributed by atoms with E-state index in [2.05, 4.69) is 35.0 Å². The van der Waals surface area contributed by atoms with Gasteiger partial charge in [0.15, 0.2) is 0 Å². The Labute approximate surface area is 247 Å². The molecule has 1 aromatic carbocycles. The van der Waals surface area contributed by atoms with Gasteiger partial charge >= 0.3 is 0 Å². The molecule has 0 radical (unpaired) electrons. The Hall–Kier alpha value is -2.71. The minimum Gasteiger partial charge on any atom is -0.396 e. The third-order valence-electron chi connectivity index (χ3n) is 7.17. The lowest BCUT2D eigenvalue weighted by Gasteiger charge is -2.27. The van der Waals surface area contributed by atoms with E-state index in [1.165, 1.54) is 57.8 Å². The number of allylic oxidation sites excluding steroid dienone is 2. The summed E-state index contributed by atoms with van der Waals surface area (Å²) in [6.07, 6.45) is 19.8. The summed E-state index contributed by atoms with van der Waals surface area (Å²) < 4.78 is 0. The van der Waals surface area contributed by atoms with Gasteiger partial charge in [0.2, 0.25) is 17.7 Å². The molecule has 0 aliphatic rings. The van der Waals surface area contributed by atoms with Crippen LogP contribution in [0.15, 0.2) is 36.4 Å². The molecule has 41 heavy (non-hydrogen) atoms. The van der Waals surface area contributed by atoms with Crippen molar-refractivity contribution in [2.24, 2.45) is 5.41 Å². The number of carbonyl (C=O) groups is 3. The third kappa shape index (κ3) is 17.7. The van der Waals surface area contributed by atoms with Gasteiger partial charge in [0, 0.05) is 36.2 Å². The Bertz CT molecular complexity index is 899. The van der Waals surface area contributed by atoms with Gasteiger partial charge in [-0.25, -0.2) is 0 Å². The summed E-state index contributed by atoms with van der Waals surface area (Å²) in [6, 6.07) is 6.90. The van der Waals surface area contributed by atoms with Gasteiger partial charge in [0.25, 0.3) is 0 Å². The summed E-state index contributed by atoms with van der Waals surface area (Å²) in [4.78, 5) is 36.4. The van der Waals surface area contributed by atoms with Gasteiger partial charge in [-0.15, -0.1) is 0 Å². The number of rotatable bonds is 23. The Morgan fingerprint density at radius 3 is 1.73 bits per heavy atom. The molecule has 232 valence electrons. The van der Waals surface area contributed by atoms with Gasteiger partial charge in [0.05, 0.1) is 6.61 Å². The molecule has 0 aliphatic heterocycles. The van der Waals surface area contributed by atoms with Gasteiger partial charge in [-0.1, -0.05) is 84.3 Å². The molecule has 8 heteroatoms. The number of aliphatic hydroxyl groups excluding tert-OH is 2. The van der Waals surface area contributed by atoms with Crippen molar-refractivity contribution in [3.8, 4) is 0 Å². The maximum atomic E-state index is 12.3. The van der Waals surface area contributed by atoms with Crippen molar-refractivity contribution in [2.45, 2.75) is 123 Å². The lowest BCUT2D eigenvalue weighted by atomic mass is 9.87. The van der Waals surface area contributed by atoms with Crippen molar-refractivity contribution >= 4 is 29.1 Å². The van der Waals surface area contributed by atoms with Crippen molar-refractivity contribution in [1.29, 1.82) is 0 Å². The number of carbonyl (C=O) groups excluding carboxylic acids is 3. The van der Waals surface area contributed by atoms with Crippen LogP contribution in [0.3, 0.4) is 0 Å². The van der Waals surface area contributed by atoms with Gasteiger partial charge in [-0.05, 0) is 56.4 Å². The molecule has 0 spiro atoms. The van der Waals surface area contributed by atoms with Gasteiger partial charge in [-0.2, -0.15) is 0 Å². The number of hydrogen-bond donors (Lipinski definition) is 5. The first-order chi connectivity index (χ1) is 19.7. The Morgan fingerprint density at radius 1 is 0.756 bits per heavy atom. The van der Waals surface area contributed by atoms with Crippen LogP contribution < -0.4 is 16.0 Å². The SMILES string of the molecule is CCCCCCCC/C=C\CCCCCCCC(=O)Nc1ccc(NC(=O)CCNC(=O)C(O)C(C)(C)CO)cc1. The fraction of sp³-hybridized carbons (Fsp3) is 0.667. The molecule has 1 atom stereocenters. The zero-order valence-electron chi connectivity index (χ0n) is 25.7. The number of hydrogen-bond acceptors (Lipinski definition) is 5. The predicted octanol–water partition coefficient (Wildman–Crippen LogP) is 6.49. The second-order valence-corrected chi connectivity index (χ2v) is 11.6. The number of benzene rings is 1. The average Bonchev–Trinajstić information content (AvgIpc) is 2.95. The first-order valence-electron chi connectivity index (χ1n) is 15.6. The van der Waals surface area contributed by atoms with E-state index in [0.29, 0.717) is 17.8 Å². The number of aliphatic hydroxyl groups is 2. The van der Waals surface area contributed by atoms with E-state index in [4.69, 9.17) is 0 Å². The molecule has 3 amide bonds. The highest BCUT2D eigenvalue weighted by atomic mass is 16.3. The van der Waals surface area contributed by atoms with Crippen molar-refractivity contribution in [1.82, 2.24) is 5.32 Å². The van der Waals surface area contributed by atoms with Crippen molar-refractivity contribution < 1.29 is 24.6 Å². The summed E-state index contributed by atoms with van der Waals surface area (Å²) in [5.74, 6) is -0.928. The second-order valence-electron chi connectivity index (χ2n) is 11.6. The minimum atomic E-state index is -1.37. The lowest BCUT2D eigenvalue weighted by Crippen LogP contribution is -2.46. The highest BCUT2D eigenvalue weighted by Gasteiger charge is 2.32. The highest BCUT2D eigenvalue weighted by Crippen LogP contribution is 2.19. The zero-order chi connectivity index (χ0) is 30.3. The fourth-order valence-electron chi connectivity index (χ4n) is 4.28. The van der Waals surface area contributed by atoms with Gasteiger partial charge in [-0.3, -0.25) is 14.4 Å². The van der Waals surface area contributed by atoms with Crippen molar-refractivity contribution in [2.75, 3.05) is 23.8 Å². The van der Waals surface area contributed by atoms with E-state index >= 15 is 0 Å². The molecule has 0 bridgehead atoms. The highest BCUT2D eigenvalue weighted by molar-refractivity contribution is 5.93. The number of nitrogens with one attached hydrogen (secondary N) is 3. The summed E-state index contributed by atoms with van der Waals surface area (Å²) in [5.41, 5.74) is 0.291. The molecule has 0 aliphatic carbocycles. The van der Waals surface area contributed by atoms with Crippen LogP contribution in [0.25, 0.3) is 0 Å². The molecule has 0 saturated heterocycles. The Kier molecular flexibility index (Phi) is 19.5. The largest absolute Gasteiger partial charge is 0.396 e. The van der Waals surface area contributed by atoms with Crippen LogP contribution >= 0.6 is 0 Å². The first-order valence-corrected chi connectivity index (χ1v) is 15.6. The molecule has 8 nitrogen and oxygen atoms in total. The van der Waals surface area contributed by atoms with Crippen LogP contribution in [0.5, 0.6) is 0 Å². The van der Waals surface area contributed by atoms with Gasteiger partial charge in [0.1, 0.15) is 6.10 Å². The fourth-order valence-corrected chi connectivity index (χ4v) is 4.28. The predicted molar refractivity (Wildman–Crippen MR) is 168 cm³/mol. The standard InChI is InChI=1S/C33H55N3O5/c1-4-5-6-7-8-9-10-11-12-13-14-15-16-17-18-19-29(38)35-27-20-22-28(23-21-27)36-30(39)24-25-34-32(41)31(40)33(2,3)26-37/h11-12,20-23,31,37,40H,4-10,13-19,24-26H2,1-3H3,(H,34,41)(H,35,38)(H,36,39)/b12-11-. The molecular formula is C33H55N3O5. The van der Waals surface area contributed by atoms with E-state index in [1.54, 1.807) is 38.1 Å². The molecule has 0 aromatic heterocycles. The molecule has 1 aromatic rings. The monoisotopic (exact) mass is 573 g/mol. The summed E-state index contributed by atoms with van der Waals surface area (Å²) >= 11 is 0. The molecule has 0 saturated carbocycles. The zero-order valence-corrected chi connectivity index (χ0v) is 25.7. The molecule has 1 unspecified atom stereocenters. The van der Waals surface area contributed by atoms with Crippen LogP contribution in [-0.4, -0.2) is 47.2 Å². The topological polar surface area (TPSA) is 128 Å². The molecule has 0 heterocycles. The van der Waals surface area contributed by atoms with E-state index in [1.807, 2.05) is 0 Å². The van der Waals surface area contributed by atoms with E-state index in [9.17, 15) is 24.6 Å². The number of amides is 3. The van der Waals surface area contributed by atoms with Crippen LogP contribution in [0.2, 0.25) is 0 Å².